The van der Waals surface area contributed by atoms with Gasteiger partial charge < -0.3 is 15.1 Å². The first-order chi connectivity index (χ1) is 11.5. The van der Waals surface area contributed by atoms with Gasteiger partial charge in [-0.2, -0.15) is 0 Å². The van der Waals surface area contributed by atoms with Gasteiger partial charge in [0, 0.05) is 38.3 Å². The molecule has 132 valence electrons. The number of nitrogens with zero attached hydrogens (tertiary/aromatic N) is 4. The smallest absolute Gasteiger partial charge is 0.272 e. The molecule has 3 heterocycles. The Bertz CT molecular complexity index is 701. The first-order valence-corrected chi connectivity index (χ1v) is 10.1. The number of nitrogens with one attached hydrogen (secondary N) is 1. The predicted octanol–water partition coefficient (Wildman–Crippen LogP) is -0.147. The van der Waals surface area contributed by atoms with Crippen molar-refractivity contribution in [1.29, 1.82) is 0 Å². The van der Waals surface area contributed by atoms with Gasteiger partial charge in [-0.1, -0.05) is 6.92 Å². The van der Waals surface area contributed by atoms with E-state index in [0.29, 0.717) is 31.0 Å². The van der Waals surface area contributed by atoms with Crippen molar-refractivity contribution in [3.05, 3.63) is 18.1 Å². The van der Waals surface area contributed by atoms with Crippen LogP contribution in [0.4, 0.5) is 5.82 Å². The molecule has 2 fully saturated rings. The number of sulfone groups is 1. The van der Waals surface area contributed by atoms with Gasteiger partial charge in [-0.15, -0.1) is 0 Å². The highest BCUT2D eigenvalue weighted by atomic mass is 32.2. The molecule has 9 heteroatoms. The van der Waals surface area contributed by atoms with Crippen molar-refractivity contribution in [1.82, 2.24) is 19.8 Å². The van der Waals surface area contributed by atoms with Crippen molar-refractivity contribution in [2.45, 2.75) is 19.4 Å². The van der Waals surface area contributed by atoms with Gasteiger partial charge in [0.15, 0.2) is 9.84 Å². The minimum atomic E-state index is -2.95. The molecule has 0 aromatic carbocycles. The summed E-state index contributed by atoms with van der Waals surface area (Å²) in [4.78, 5) is 24.9. The topological polar surface area (TPSA) is 95.5 Å². The molecular weight excluding hydrogens is 330 g/mol. The summed E-state index contributed by atoms with van der Waals surface area (Å²) >= 11 is 0. The van der Waals surface area contributed by atoms with E-state index in [1.165, 1.54) is 6.33 Å². The summed E-state index contributed by atoms with van der Waals surface area (Å²) in [5.41, 5.74) is 0.346. The van der Waals surface area contributed by atoms with E-state index < -0.39 is 9.84 Å². The molecule has 0 aliphatic carbocycles. The molecule has 2 aliphatic rings. The lowest BCUT2D eigenvalue weighted by Crippen LogP contribution is -2.48. The molecule has 1 amide bonds. The fraction of sp³-hybridized carbons (Fsp3) is 0.667. The van der Waals surface area contributed by atoms with Crippen LogP contribution in [-0.2, 0) is 9.84 Å². The van der Waals surface area contributed by atoms with Crippen LogP contribution in [0.5, 0.6) is 0 Å². The maximum Gasteiger partial charge on any atom is 0.272 e. The van der Waals surface area contributed by atoms with Crippen molar-refractivity contribution in [2.24, 2.45) is 0 Å². The molecule has 2 aliphatic heterocycles. The van der Waals surface area contributed by atoms with Gasteiger partial charge in [0.25, 0.3) is 5.91 Å². The first-order valence-electron chi connectivity index (χ1n) is 8.27. The molecule has 8 nitrogen and oxygen atoms in total. The Kier molecular flexibility index (Phi) is 5.00. The minimum absolute atomic E-state index is 0.102. The third kappa shape index (κ3) is 4.02. The third-order valence-electron chi connectivity index (χ3n) is 4.58. The number of hydrogen-bond donors (Lipinski definition) is 1. The summed E-state index contributed by atoms with van der Waals surface area (Å²) < 4.78 is 23.1. The number of aromatic nitrogens is 2. The minimum Gasteiger partial charge on any atom is -0.366 e. The maximum absolute atomic E-state index is 12.6. The van der Waals surface area contributed by atoms with Crippen LogP contribution in [-0.4, -0.2) is 84.4 Å². The Morgan fingerprint density at radius 3 is 2.67 bits per heavy atom. The summed E-state index contributed by atoms with van der Waals surface area (Å²) in [6.07, 6.45) is 1.91. The molecule has 0 radical (unpaired) electrons. The van der Waals surface area contributed by atoms with E-state index in [0.717, 1.165) is 19.6 Å². The maximum atomic E-state index is 12.6. The number of amides is 1. The quantitative estimate of drug-likeness (QED) is 0.804. The van der Waals surface area contributed by atoms with Gasteiger partial charge in [0.05, 0.1) is 11.5 Å². The second kappa shape index (κ2) is 7.02. The summed E-state index contributed by atoms with van der Waals surface area (Å²) in [7, 11) is -2.95. The fourth-order valence-electron chi connectivity index (χ4n) is 3.10. The van der Waals surface area contributed by atoms with Gasteiger partial charge >= 0.3 is 0 Å². The number of carbonyl (C=O) groups is 1. The SMILES string of the molecule is CCN1CCN(C(=O)c2cc(NC3CCS(=O)(=O)C3)ncn2)CC1. The zero-order chi connectivity index (χ0) is 17.2. The second-order valence-corrected chi connectivity index (χ2v) is 8.49. The molecular formula is C15H23N5O3S. The molecule has 1 N–H and O–H groups in total. The van der Waals surface area contributed by atoms with E-state index in [9.17, 15) is 13.2 Å². The molecule has 1 aromatic rings. The highest BCUT2D eigenvalue weighted by Gasteiger charge is 2.28. The first kappa shape index (κ1) is 17.1. The zero-order valence-electron chi connectivity index (χ0n) is 13.8. The van der Waals surface area contributed by atoms with Gasteiger partial charge in [-0.05, 0) is 13.0 Å². The summed E-state index contributed by atoms with van der Waals surface area (Å²) in [5.74, 6) is 0.709. The van der Waals surface area contributed by atoms with E-state index in [2.05, 4.69) is 27.1 Å². The van der Waals surface area contributed by atoms with Crippen LogP contribution in [0.3, 0.4) is 0 Å². The van der Waals surface area contributed by atoms with Crippen molar-refractivity contribution < 1.29 is 13.2 Å². The predicted molar refractivity (Wildman–Crippen MR) is 90.7 cm³/mol. The molecule has 24 heavy (non-hydrogen) atoms. The number of rotatable bonds is 4. The number of hydrogen-bond acceptors (Lipinski definition) is 7. The largest absolute Gasteiger partial charge is 0.366 e. The van der Waals surface area contributed by atoms with Crippen LogP contribution >= 0.6 is 0 Å². The van der Waals surface area contributed by atoms with Crippen molar-refractivity contribution >= 4 is 21.6 Å². The molecule has 2 saturated heterocycles. The van der Waals surface area contributed by atoms with Crippen LogP contribution in [0.1, 0.15) is 23.8 Å². The lowest BCUT2D eigenvalue weighted by atomic mass is 10.2. The van der Waals surface area contributed by atoms with Crippen molar-refractivity contribution in [2.75, 3.05) is 49.5 Å². The van der Waals surface area contributed by atoms with E-state index in [1.54, 1.807) is 11.0 Å². The Morgan fingerprint density at radius 1 is 1.29 bits per heavy atom. The van der Waals surface area contributed by atoms with Crippen molar-refractivity contribution in [3.8, 4) is 0 Å². The van der Waals surface area contributed by atoms with Crippen molar-refractivity contribution in [3.63, 3.8) is 0 Å². The summed E-state index contributed by atoms with van der Waals surface area (Å²) in [6.45, 7) is 6.24. The average molecular weight is 353 g/mol. The Morgan fingerprint density at radius 2 is 2.04 bits per heavy atom. The molecule has 0 spiro atoms. The number of carbonyl (C=O) groups excluding carboxylic acids is 1. The average Bonchev–Trinajstić information content (AvgIpc) is 2.93. The Balaban J connectivity index is 1.64. The second-order valence-electron chi connectivity index (χ2n) is 6.26. The zero-order valence-corrected chi connectivity index (χ0v) is 14.6. The summed E-state index contributed by atoms with van der Waals surface area (Å²) in [5, 5.41) is 3.10. The summed E-state index contributed by atoms with van der Waals surface area (Å²) in [6, 6.07) is 1.46. The number of likely N-dealkylation sites (N-methyl/N-ethyl adjacent to an activating group) is 1. The molecule has 1 atom stereocenters. The lowest BCUT2D eigenvalue weighted by molar-refractivity contribution is 0.0637. The van der Waals surface area contributed by atoms with Gasteiger partial charge in [0.1, 0.15) is 17.8 Å². The fourth-order valence-corrected chi connectivity index (χ4v) is 4.77. The van der Waals surface area contributed by atoms with Crippen LogP contribution in [0, 0.1) is 0 Å². The number of anilines is 1. The molecule has 0 bridgehead atoms. The highest BCUT2D eigenvalue weighted by Crippen LogP contribution is 2.17. The Hall–Kier alpha value is -1.74. The molecule has 3 rings (SSSR count). The van der Waals surface area contributed by atoms with E-state index in [4.69, 9.17) is 0 Å². The monoisotopic (exact) mass is 353 g/mol. The van der Waals surface area contributed by atoms with E-state index in [1.807, 2.05) is 0 Å². The molecule has 0 saturated carbocycles. The highest BCUT2D eigenvalue weighted by molar-refractivity contribution is 7.91. The van der Waals surface area contributed by atoms with Crippen LogP contribution in [0.25, 0.3) is 0 Å². The Labute approximate surface area is 142 Å². The molecule has 1 aromatic heterocycles. The van der Waals surface area contributed by atoms with E-state index >= 15 is 0 Å². The van der Waals surface area contributed by atoms with Crippen LogP contribution in [0.2, 0.25) is 0 Å². The van der Waals surface area contributed by atoms with Crippen LogP contribution < -0.4 is 5.32 Å². The van der Waals surface area contributed by atoms with E-state index in [-0.39, 0.29) is 23.5 Å². The lowest BCUT2D eigenvalue weighted by Gasteiger charge is -2.33. The van der Waals surface area contributed by atoms with Crippen LogP contribution in [0.15, 0.2) is 12.4 Å². The normalized spacial score (nSPS) is 24.0. The van der Waals surface area contributed by atoms with Gasteiger partial charge in [-0.25, -0.2) is 18.4 Å². The third-order valence-corrected chi connectivity index (χ3v) is 6.35. The van der Waals surface area contributed by atoms with Gasteiger partial charge in [0.2, 0.25) is 0 Å². The standard InChI is InChI=1S/C15H23N5O3S/c1-2-19-4-6-20(7-5-19)15(21)13-9-14(17-11-16-13)18-12-3-8-24(22,23)10-12/h9,11-12H,2-8,10H2,1H3,(H,16,17,18). The van der Waals surface area contributed by atoms with Gasteiger partial charge in [-0.3, -0.25) is 4.79 Å². The molecule has 1 unspecified atom stereocenters. The number of piperazine rings is 1.